The first-order valence-corrected chi connectivity index (χ1v) is 14.3. The molecule has 0 saturated carbocycles. The molecule has 1 saturated heterocycles. The Morgan fingerprint density at radius 1 is 1.06 bits per heavy atom. The van der Waals surface area contributed by atoms with Gasteiger partial charge in [0.2, 0.25) is 11.8 Å². The van der Waals surface area contributed by atoms with Gasteiger partial charge in [-0.15, -0.1) is 0 Å². The van der Waals surface area contributed by atoms with Crippen molar-refractivity contribution >= 4 is 27.4 Å². The number of nitrogens with one attached hydrogen (secondary N) is 2. The third-order valence-electron chi connectivity index (χ3n) is 6.07. The highest BCUT2D eigenvalue weighted by Crippen LogP contribution is 2.15. The van der Waals surface area contributed by atoms with Crippen molar-refractivity contribution in [1.29, 1.82) is 0 Å². The zero-order valence-corrected chi connectivity index (χ0v) is 21.2. The van der Waals surface area contributed by atoms with Crippen LogP contribution in [-0.4, -0.2) is 68.1 Å². The standard InChI is InChI=1S/C25H39N3O5S/c1-3-22(29)12-8-5-9-13-23(27-24(30)19-34(2,32)33)25(31)26-21-14-16-28(17-15-21)18-20-10-6-4-7-11-20/h4,6-7,10-11,21,23H,3,5,8-9,12-19H2,1-2H3,(H,26,31)(H,27,30). The number of benzene rings is 1. The fourth-order valence-corrected chi connectivity index (χ4v) is 4.71. The van der Waals surface area contributed by atoms with Crippen LogP contribution in [0.25, 0.3) is 0 Å². The van der Waals surface area contributed by atoms with E-state index in [1.54, 1.807) is 0 Å². The smallest absolute Gasteiger partial charge is 0.242 e. The molecule has 190 valence electrons. The van der Waals surface area contributed by atoms with E-state index in [0.717, 1.165) is 51.6 Å². The van der Waals surface area contributed by atoms with Crippen molar-refractivity contribution in [3.05, 3.63) is 35.9 Å². The number of likely N-dealkylation sites (tertiary alicyclic amines) is 1. The summed E-state index contributed by atoms with van der Waals surface area (Å²) in [7, 11) is -3.48. The van der Waals surface area contributed by atoms with Crippen LogP contribution in [0.4, 0.5) is 0 Å². The fourth-order valence-electron chi connectivity index (χ4n) is 4.15. The number of amides is 2. The normalized spacial score (nSPS) is 16.1. The summed E-state index contributed by atoms with van der Waals surface area (Å²) in [5.41, 5.74) is 1.26. The lowest BCUT2D eigenvalue weighted by Gasteiger charge is -2.33. The average Bonchev–Trinajstić information content (AvgIpc) is 2.78. The number of unbranched alkanes of at least 4 members (excludes halogenated alkanes) is 2. The van der Waals surface area contributed by atoms with Gasteiger partial charge in [-0.25, -0.2) is 8.42 Å². The summed E-state index contributed by atoms with van der Waals surface area (Å²) in [6.07, 6.45) is 6.29. The topological polar surface area (TPSA) is 113 Å². The van der Waals surface area contributed by atoms with Gasteiger partial charge in [0, 0.05) is 44.8 Å². The molecule has 1 fully saturated rings. The van der Waals surface area contributed by atoms with Crippen molar-refractivity contribution < 1.29 is 22.8 Å². The molecular formula is C25H39N3O5S. The lowest BCUT2D eigenvalue weighted by molar-refractivity contribution is -0.128. The Kier molecular flexibility index (Phi) is 11.7. The highest BCUT2D eigenvalue weighted by Gasteiger charge is 2.26. The van der Waals surface area contributed by atoms with Crippen molar-refractivity contribution in [2.45, 2.75) is 76.9 Å². The van der Waals surface area contributed by atoms with E-state index in [1.165, 1.54) is 5.56 Å². The Labute approximate surface area is 203 Å². The summed E-state index contributed by atoms with van der Waals surface area (Å²) >= 11 is 0. The molecule has 8 nitrogen and oxygen atoms in total. The number of carbonyl (C=O) groups excluding carboxylic acids is 3. The number of hydrogen-bond donors (Lipinski definition) is 2. The molecule has 1 heterocycles. The molecule has 1 aliphatic heterocycles. The van der Waals surface area contributed by atoms with Crippen LogP contribution < -0.4 is 10.6 Å². The number of ketones is 1. The summed E-state index contributed by atoms with van der Waals surface area (Å²) in [6, 6.07) is 9.52. The van der Waals surface area contributed by atoms with E-state index in [1.807, 2.05) is 25.1 Å². The van der Waals surface area contributed by atoms with E-state index < -0.39 is 27.5 Å². The van der Waals surface area contributed by atoms with Gasteiger partial charge in [-0.2, -0.15) is 0 Å². The minimum absolute atomic E-state index is 0.0241. The van der Waals surface area contributed by atoms with Gasteiger partial charge in [-0.1, -0.05) is 50.1 Å². The number of sulfone groups is 1. The summed E-state index contributed by atoms with van der Waals surface area (Å²) < 4.78 is 22.9. The Bertz CT molecular complexity index is 896. The first-order chi connectivity index (χ1) is 16.2. The molecule has 9 heteroatoms. The van der Waals surface area contributed by atoms with Gasteiger partial charge in [-0.3, -0.25) is 19.3 Å². The lowest BCUT2D eigenvalue weighted by Crippen LogP contribution is -2.52. The van der Waals surface area contributed by atoms with E-state index in [9.17, 15) is 22.8 Å². The zero-order valence-electron chi connectivity index (χ0n) is 20.4. The molecule has 34 heavy (non-hydrogen) atoms. The summed E-state index contributed by atoms with van der Waals surface area (Å²) in [5.74, 6) is -1.36. The Hall–Kier alpha value is -2.26. The van der Waals surface area contributed by atoms with Crippen LogP contribution in [0.5, 0.6) is 0 Å². The van der Waals surface area contributed by atoms with Gasteiger partial charge in [0.05, 0.1) is 0 Å². The Morgan fingerprint density at radius 2 is 1.74 bits per heavy atom. The number of rotatable bonds is 14. The van der Waals surface area contributed by atoms with Crippen molar-refractivity contribution in [3.63, 3.8) is 0 Å². The van der Waals surface area contributed by atoms with Gasteiger partial charge in [-0.05, 0) is 31.2 Å². The van der Waals surface area contributed by atoms with E-state index in [2.05, 4.69) is 27.7 Å². The lowest BCUT2D eigenvalue weighted by atomic mass is 10.0. The van der Waals surface area contributed by atoms with E-state index in [0.29, 0.717) is 25.7 Å². The van der Waals surface area contributed by atoms with Gasteiger partial charge < -0.3 is 10.6 Å². The third kappa shape index (κ3) is 11.2. The molecule has 0 spiro atoms. The second-order valence-corrected chi connectivity index (χ2v) is 11.4. The van der Waals surface area contributed by atoms with E-state index >= 15 is 0 Å². The van der Waals surface area contributed by atoms with Crippen LogP contribution in [0.1, 0.15) is 63.9 Å². The second-order valence-electron chi connectivity index (χ2n) is 9.23. The van der Waals surface area contributed by atoms with Crippen molar-refractivity contribution in [3.8, 4) is 0 Å². The van der Waals surface area contributed by atoms with Crippen molar-refractivity contribution in [1.82, 2.24) is 15.5 Å². The third-order valence-corrected chi connectivity index (χ3v) is 6.86. The molecule has 1 aliphatic rings. The first kappa shape index (κ1) is 28.0. The molecule has 1 aromatic carbocycles. The predicted octanol–water partition coefficient (Wildman–Crippen LogP) is 2.23. The van der Waals surface area contributed by atoms with Gasteiger partial charge in [0.15, 0.2) is 9.84 Å². The largest absolute Gasteiger partial charge is 0.351 e. The quantitative estimate of drug-likeness (QED) is 0.384. The molecule has 2 rings (SSSR count). The van der Waals surface area contributed by atoms with Crippen LogP contribution in [0.3, 0.4) is 0 Å². The molecule has 1 aromatic rings. The monoisotopic (exact) mass is 493 g/mol. The summed E-state index contributed by atoms with van der Waals surface area (Å²) in [6.45, 7) is 4.46. The molecule has 1 unspecified atom stereocenters. The number of carbonyl (C=O) groups is 3. The van der Waals surface area contributed by atoms with Crippen LogP contribution in [0.2, 0.25) is 0 Å². The number of Topliss-reactive ketones (excluding diaryl/α,β-unsaturated/α-hetero) is 1. The number of hydrogen-bond acceptors (Lipinski definition) is 6. The highest BCUT2D eigenvalue weighted by atomic mass is 32.2. The van der Waals surface area contributed by atoms with E-state index in [4.69, 9.17) is 0 Å². The molecule has 0 radical (unpaired) electrons. The fraction of sp³-hybridized carbons (Fsp3) is 0.640. The Balaban J connectivity index is 1.84. The van der Waals surface area contributed by atoms with E-state index in [-0.39, 0.29) is 17.7 Å². The van der Waals surface area contributed by atoms with Gasteiger partial charge in [0.1, 0.15) is 17.6 Å². The van der Waals surface area contributed by atoms with Crippen molar-refractivity contribution in [2.75, 3.05) is 25.1 Å². The van der Waals surface area contributed by atoms with Gasteiger partial charge >= 0.3 is 0 Å². The van der Waals surface area contributed by atoms with Gasteiger partial charge in [0.25, 0.3) is 0 Å². The predicted molar refractivity (Wildman–Crippen MR) is 133 cm³/mol. The Morgan fingerprint density at radius 3 is 2.35 bits per heavy atom. The maximum absolute atomic E-state index is 13.0. The average molecular weight is 494 g/mol. The highest BCUT2D eigenvalue weighted by molar-refractivity contribution is 7.91. The zero-order chi connectivity index (χ0) is 25.0. The van der Waals surface area contributed by atoms with Crippen LogP contribution in [0.15, 0.2) is 30.3 Å². The summed E-state index contributed by atoms with van der Waals surface area (Å²) in [4.78, 5) is 39.0. The molecule has 0 bridgehead atoms. The maximum Gasteiger partial charge on any atom is 0.242 e. The minimum Gasteiger partial charge on any atom is -0.351 e. The van der Waals surface area contributed by atoms with Crippen LogP contribution >= 0.6 is 0 Å². The second kappa shape index (κ2) is 14.2. The molecule has 0 aliphatic carbocycles. The molecular weight excluding hydrogens is 454 g/mol. The molecule has 0 aromatic heterocycles. The molecule has 2 amide bonds. The number of piperidine rings is 1. The number of nitrogens with zero attached hydrogens (tertiary/aromatic N) is 1. The van der Waals surface area contributed by atoms with Crippen LogP contribution in [0, 0.1) is 0 Å². The van der Waals surface area contributed by atoms with Crippen molar-refractivity contribution in [2.24, 2.45) is 0 Å². The molecule has 1 atom stereocenters. The minimum atomic E-state index is -3.48. The van der Waals surface area contributed by atoms with Crippen LogP contribution in [-0.2, 0) is 30.8 Å². The summed E-state index contributed by atoms with van der Waals surface area (Å²) in [5, 5.41) is 5.66. The first-order valence-electron chi connectivity index (χ1n) is 12.2. The molecule has 2 N–H and O–H groups in total. The SMILES string of the molecule is CCC(=O)CCCCCC(NC(=O)CS(C)(=O)=O)C(=O)NC1CCN(Cc2ccccc2)CC1. The maximum atomic E-state index is 13.0.